The highest BCUT2D eigenvalue weighted by atomic mass is 127. The lowest BCUT2D eigenvalue weighted by Gasteiger charge is -2.14. The standard InChI is InChI=1S/C20H28N4O3S.HI/c1-4-27-19-8-6-5-7-17(19)15-23-20(21-3)22-13-14-24-28(25,26)18-11-9-16(2)10-12-18;/h5-12,24H,4,13-15H2,1-3H3,(H2,21,22,23);1H. The van der Waals surface area contributed by atoms with Crippen molar-refractivity contribution in [3.63, 3.8) is 0 Å². The summed E-state index contributed by atoms with van der Waals surface area (Å²) < 4.78 is 32.7. The Kier molecular flexibility index (Phi) is 11.0. The monoisotopic (exact) mass is 532 g/mol. The number of hydrogen-bond donors (Lipinski definition) is 3. The molecule has 0 fully saturated rings. The van der Waals surface area contributed by atoms with E-state index in [-0.39, 0.29) is 35.4 Å². The van der Waals surface area contributed by atoms with Gasteiger partial charge >= 0.3 is 0 Å². The number of rotatable bonds is 9. The normalized spacial score (nSPS) is 11.5. The van der Waals surface area contributed by atoms with Crippen molar-refractivity contribution in [1.82, 2.24) is 15.4 Å². The molecule has 0 aliphatic carbocycles. The maximum absolute atomic E-state index is 12.3. The molecule has 0 heterocycles. The average molecular weight is 532 g/mol. The Labute approximate surface area is 190 Å². The lowest BCUT2D eigenvalue weighted by atomic mass is 10.2. The number of nitrogens with one attached hydrogen (secondary N) is 3. The second-order valence-electron chi connectivity index (χ2n) is 6.10. The van der Waals surface area contributed by atoms with Gasteiger partial charge in [0, 0.05) is 32.2 Å². The number of halogens is 1. The van der Waals surface area contributed by atoms with Gasteiger partial charge in [0.05, 0.1) is 11.5 Å². The molecular weight excluding hydrogens is 503 g/mol. The molecule has 0 bridgehead atoms. The van der Waals surface area contributed by atoms with Gasteiger partial charge in [-0.2, -0.15) is 0 Å². The zero-order chi connectivity index (χ0) is 20.4. The van der Waals surface area contributed by atoms with Crippen molar-refractivity contribution >= 4 is 40.0 Å². The number of guanidine groups is 1. The van der Waals surface area contributed by atoms with Gasteiger partial charge in [0.25, 0.3) is 0 Å². The molecular formula is C20H29IN4O3S. The average Bonchev–Trinajstić information content (AvgIpc) is 2.69. The van der Waals surface area contributed by atoms with Crippen molar-refractivity contribution in [2.75, 3.05) is 26.7 Å². The molecule has 0 spiro atoms. The van der Waals surface area contributed by atoms with Crippen LogP contribution in [0.4, 0.5) is 0 Å². The first-order chi connectivity index (χ1) is 13.5. The summed E-state index contributed by atoms with van der Waals surface area (Å²) in [4.78, 5) is 4.41. The van der Waals surface area contributed by atoms with Crippen LogP contribution in [-0.4, -0.2) is 41.1 Å². The zero-order valence-corrected chi connectivity index (χ0v) is 20.1. The second kappa shape index (κ2) is 12.7. The van der Waals surface area contributed by atoms with Crippen LogP contribution in [0.25, 0.3) is 0 Å². The summed E-state index contributed by atoms with van der Waals surface area (Å²) in [6, 6.07) is 14.6. The summed E-state index contributed by atoms with van der Waals surface area (Å²) >= 11 is 0. The van der Waals surface area contributed by atoms with E-state index in [9.17, 15) is 8.42 Å². The van der Waals surface area contributed by atoms with Gasteiger partial charge in [-0.25, -0.2) is 13.1 Å². The van der Waals surface area contributed by atoms with Gasteiger partial charge < -0.3 is 15.4 Å². The van der Waals surface area contributed by atoms with Crippen molar-refractivity contribution in [3.05, 3.63) is 59.7 Å². The van der Waals surface area contributed by atoms with Crippen LogP contribution in [0, 0.1) is 6.92 Å². The molecule has 9 heteroatoms. The summed E-state index contributed by atoms with van der Waals surface area (Å²) in [5, 5.41) is 6.30. The van der Waals surface area contributed by atoms with E-state index in [1.807, 2.05) is 38.1 Å². The van der Waals surface area contributed by atoms with Gasteiger partial charge in [0.1, 0.15) is 5.75 Å². The third kappa shape index (κ3) is 8.19. The molecule has 0 aliphatic heterocycles. The van der Waals surface area contributed by atoms with Crippen LogP contribution in [0.5, 0.6) is 5.75 Å². The summed E-state index contributed by atoms with van der Waals surface area (Å²) in [6.45, 7) is 5.65. The molecule has 0 saturated carbocycles. The quantitative estimate of drug-likeness (QED) is 0.200. The first-order valence-corrected chi connectivity index (χ1v) is 10.7. The van der Waals surface area contributed by atoms with E-state index in [2.05, 4.69) is 20.3 Å². The van der Waals surface area contributed by atoms with E-state index in [0.717, 1.165) is 16.9 Å². The number of nitrogens with zero attached hydrogens (tertiary/aromatic N) is 1. The molecule has 160 valence electrons. The predicted molar refractivity (Wildman–Crippen MR) is 128 cm³/mol. The van der Waals surface area contributed by atoms with Crippen molar-refractivity contribution in [3.8, 4) is 5.75 Å². The van der Waals surface area contributed by atoms with Crippen LogP contribution in [0.3, 0.4) is 0 Å². The number of hydrogen-bond acceptors (Lipinski definition) is 4. The fourth-order valence-corrected chi connectivity index (χ4v) is 3.54. The smallest absolute Gasteiger partial charge is 0.240 e. The first kappa shape index (κ1) is 25.2. The van der Waals surface area contributed by atoms with Crippen LogP contribution < -0.4 is 20.1 Å². The van der Waals surface area contributed by atoms with Crippen LogP contribution >= 0.6 is 24.0 Å². The Bertz CT molecular complexity index is 887. The van der Waals surface area contributed by atoms with Gasteiger partial charge in [0.2, 0.25) is 10.0 Å². The van der Waals surface area contributed by atoms with Crippen LogP contribution in [0.2, 0.25) is 0 Å². The predicted octanol–water partition coefficient (Wildman–Crippen LogP) is 2.66. The SMILES string of the molecule is CCOc1ccccc1CNC(=NC)NCCNS(=O)(=O)c1ccc(C)cc1.I. The molecule has 2 rings (SSSR count). The fraction of sp³-hybridized carbons (Fsp3) is 0.350. The Morgan fingerprint density at radius 2 is 1.72 bits per heavy atom. The minimum absolute atomic E-state index is 0. The van der Waals surface area contributed by atoms with Gasteiger partial charge in [-0.3, -0.25) is 4.99 Å². The highest BCUT2D eigenvalue weighted by Crippen LogP contribution is 2.17. The third-order valence-electron chi connectivity index (χ3n) is 3.98. The Hall–Kier alpha value is -1.85. The Morgan fingerprint density at radius 1 is 1.03 bits per heavy atom. The highest BCUT2D eigenvalue weighted by Gasteiger charge is 2.12. The molecule has 2 aromatic rings. The molecule has 0 radical (unpaired) electrons. The molecule has 0 amide bonds. The van der Waals surface area contributed by atoms with Crippen molar-refractivity contribution in [1.29, 1.82) is 0 Å². The lowest BCUT2D eigenvalue weighted by molar-refractivity contribution is 0.336. The summed E-state index contributed by atoms with van der Waals surface area (Å²) in [5.74, 6) is 1.42. The van der Waals surface area contributed by atoms with E-state index < -0.39 is 10.0 Å². The highest BCUT2D eigenvalue weighted by molar-refractivity contribution is 14.0. The van der Waals surface area contributed by atoms with E-state index in [1.165, 1.54) is 0 Å². The molecule has 0 aromatic heterocycles. The Morgan fingerprint density at radius 3 is 2.38 bits per heavy atom. The number of aliphatic imine (C=N–C) groups is 1. The van der Waals surface area contributed by atoms with Gasteiger partial charge in [0.15, 0.2) is 5.96 Å². The number of benzene rings is 2. The maximum atomic E-state index is 12.3. The third-order valence-corrected chi connectivity index (χ3v) is 5.46. The van der Waals surface area contributed by atoms with Crippen molar-refractivity contribution in [2.45, 2.75) is 25.3 Å². The van der Waals surface area contributed by atoms with E-state index in [0.29, 0.717) is 25.7 Å². The van der Waals surface area contributed by atoms with E-state index in [4.69, 9.17) is 4.74 Å². The minimum Gasteiger partial charge on any atom is -0.494 e. The van der Waals surface area contributed by atoms with Gasteiger partial charge in [-0.05, 0) is 32.0 Å². The van der Waals surface area contributed by atoms with E-state index >= 15 is 0 Å². The van der Waals surface area contributed by atoms with Crippen LogP contribution in [0.15, 0.2) is 58.4 Å². The van der Waals surface area contributed by atoms with Crippen LogP contribution in [0.1, 0.15) is 18.1 Å². The number of para-hydroxylation sites is 1. The molecule has 2 aromatic carbocycles. The molecule has 0 atom stereocenters. The van der Waals surface area contributed by atoms with Gasteiger partial charge in [-0.15, -0.1) is 24.0 Å². The number of ether oxygens (including phenoxy) is 1. The van der Waals surface area contributed by atoms with Crippen LogP contribution in [-0.2, 0) is 16.6 Å². The summed E-state index contributed by atoms with van der Waals surface area (Å²) in [5.41, 5.74) is 2.04. The molecule has 7 nitrogen and oxygen atoms in total. The largest absolute Gasteiger partial charge is 0.494 e. The maximum Gasteiger partial charge on any atom is 0.240 e. The molecule has 0 unspecified atom stereocenters. The topological polar surface area (TPSA) is 91.8 Å². The second-order valence-corrected chi connectivity index (χ2v) is 7.87. The molecule has 29 heavy (non-hydrogen) atoms. The molecule has 3 N–H and O–H groups in total. The van der Waals surface area contributed by atoms with E-state index in [1.54, 1.807) is 31.3 Å². The minimum atomic E-state index is -3.52. The molecule has 0 aliphatic rings. The zero-order valence-electron chi connectivity index (χ0n) is 16.9. The van der Waals surface area contributed by atoms with Crippen molar-refractivity contribution < 1.29 is 13.2 Å². The lowest BCUT2D eigenvalue weighted by Crippen LogP contribution is -2.41. The molecule has 0 saturated heterocycles. The Balaban J connectivity index is 0.00000420. The number of aryl methyl sites for hydroxylation is 1. The first-order valence-electron chi connectivity index (χ1n) is 9.18. The van der Waals surface area contributed by atoms with Gasteiger partial charge in [-0.1, -0.05) is 35.9 Å². The van der Waals surface area contributed by atoms with Crippen molar-refractivity contribution in [2.24, 2.45) is 4.99 Å². The number of sulfonamides is 1. The summed E-state index contributed by atoms with van der Waals surface area (Å²) in [6.07, 6.45) is 0. The fourth-order valence-electron chi connectivity index (χ4n) is 2.51. The summed E-state index contributed by atoms with van der Waals surface area (Å²) in [7, 11) is -1.85.